The molecule has 1 fully saturated rings. The first kappa shape index (κ1) is 17.0. The number of hydrogen-bond acceptors (Lipinski definition) is 1. The van der Waals surface area contributed by atoms with E-state index in [9.17, 15) is 0 Å². The molecule has 3 rings (SSSR count). The zero-order chi connectivity index (χ0) is 16.2. The van der Waals surface area contributed by atoms with Gasteiger partial charge in [0.15, 0.2) is 0 Å². The molecule has 0 bridgehead atoms. The summed E-state index contributed by atoms with van der Waals surface area (Å²) in [5, 5.41) is 0. The topological polar surface area (TPSA) is 12.4 Å². The molecule has 5 atom stereocenters. The highest BCUT2D eigenvalue weighted by atomic mass is 14.7. The Balaban J connectivity index is 1.81. The zero-order valence-electron chi connectivity index (χ0n) is 15.4. The van der Waals surface area contributed by atoms with E-state index in [0.29, 0.717) is 0 Å². The number of nitrogens with zero attached hydrogens (tertiary/aromatic N) is 1. The van der Waals surface area contributed by atoms with E-state index in [-0.39, 0.29) is 0 Å². The monoisotopic (exact) mass is 313 g/mol. The van der Waals surface area contributed by atoms with E-state index in [4.69, 9.17) is 0 Å². The summed E-state index contributed by atoms with van der Waals surface area (Å²) >= 11 is 0. The Bertz CT molecular complexity index is 484. The lowest BCUT2D eigenvalue weighted by molar-refractivity contribution is 0.0729. The maximum atomic E-state index is 4.44. The van der Waals surface area contributed by atoms with Gasteiger partial charge in [-0.1, -0.05) is 51.7 Å². The summed E-state index contributed by atoms with van der Waals surface area (Å²) in [5.74, 6) is 4.53. The van der Waals surface area contributed by atoms with Crippen molar-refractivity contribution >= 4 is 5.71 Å². The van der Waals surface area contributed by atoms with Crippen molar-refractivity contribution in [1.82, 2.24) is 0 Å². The minimum atomic E-state index is 0.821. The first-order chi connectivity index (χ1) is 11.3. The lowest BCUT2D eigenvalue weighted by Gasteiger charge is -2.48. The molecule has 1 heteroatoms. The zero-order valence-corrected chi connectivity index (χ0v) is 15.4. The van der Waals surface area contributed by atoms with Crippen LogP contribution in [0.15, 0.2) is 28.8 Å². The average molecular weight is 314 g/mol. The van der Waals surface area contributed by atoms with E-state index in [2.05, 4.69) is 37.1 Å². The molecule has 3 aliphatic carbocycles. The molecule has 0 radical (unpaired) electrons. The number of hydrogen-bond donors (Lipinski definition) is 0. The standard InChI is InChI=1S/C22H35N/c1-4-6-8-16-9-12-22-20-14-11-18(23-3)15-17(20)10-13-21(22)19(16)7-5-2/h10,13,15-16,19-22H,4-9,11-12,14H2,1-3H3. The Morgan fingerprint density at radius 1 is 1.09 bits per heavy atom. The van der Waals surface area contributed by atoms with Crippen molar-refractivity contribution in [3.8, 4) is 0 Å². The molecule has 0 aromatic heterocycles. The summed E-state index contributed by atoms with van der Waals surface area (Å²) in [6.45, 7) is 4.72. The normalized spacial score (nSPS) is 38.1. The van der Waals surface area contributed by atoms with Gasteiger partial charge in [0.25, 0.3) is 0 Å². The minimum Gasteiger partial charge on any atom is -0.293 e. The van der Waals surface area contributed by atoms with Crippen LogP contribution in [0.2, 0.25) is 0 Å². The molecular weight excluding hydrogens is 278 g/mol. The van der Waals surface area contributed by atoms with Gasteiger partial charge in [-0.3, -0.25) is 4.99 Å². The molecule has 5 unspecified atom stereocenters. The Morgan fingerprint density at radius 2 is 1.96 bits per heavy atom. The predicted molar refractivity (Wildman–Crippen MR) is 101 cm³/mol. The molecule has 0 aliphatic heterocycles. The molecule has 0 spiro atoms. The van der Waals surface area contributed by atoms with Crippen LogP contribution in [0.25, 0.3) is 0 Å². The predicted octanol–water partition coefficient (Wildman–Crippen LogP) is 6.21. The van der Waals surface area contributed by atoms with Gasteiger partial charge in [0.1, 0.15) is 0 Å². The van der Waals surface area contributed by atoms with Crippen LogP contribution in [0.3, 0.4) is 0 Å². The Hall–Kier alpha value is -0.850. The van der Waals surface area contributed by atoms with Crippen LogP contribution in [0.5, 0.6) is 0 Å². The summed E-state index contributed by atoms with van der Waals surface area (Å²) in [6, 6.07) is 0. The fourth-order valence-corrected chi connectivity index (χ4v) is 5.66. The van der Waals surface area contributed by atoms with Gasteiger partial charge in [-0.05, 0) is 73.3 Å². The number of fused-ring (bicyclic) bond motifs is 3. The van der Waals surface area contributed by atoms with Crippen LogP contribution >= 0.6 is 0 Å². The molecule has 0 aromatic carbocycles. The highest BCUT2D eigenvalue weighted by Gasteiger charge is 2.43. The van der Waals surface area contributed by atoms with Crippen LogP contribution < -0.4 is 0 Å². The lowest BCUT2D eigenvalue weighted by Crippen LogP contribution is -2.40. The third-order valence-electron chi connectivity index (χ3n) is 6.80. The van der Waals surface area contributed by atoms with Gasteiger partial charge < -0.3 is 0 Å². The highest BCUT2D eigenvalue weighted by Crippen LogP contribution is 2.52. The summed E-state index contributed by atoms with van der Waals surface area (Å²) < 4.78 is 0. The van der Waals surface area contributed by atoms with Crippen LogP contribution in [0, 0.1) is 29.6 Å². The molecule has 0 heterocycles. The van der Waals surface area contributed by atoms with Crippen LogP contribution in [0.1, 0.15) is 71.6 Å². The number of aliphatic imine (C=N–C) groups is 1. The van der Waals surface area contributed by atoms with Gasteiger partial charge in [0, 0.05) is 12.8 Å². The Kier molecular flexibility index (Phi) is 5.77. The first-order valence-electron chi connectivity index (χ1n) is 10.1. The van der Waals surface area contributed by atoms with E-state index in [1.807, 2.05) is 7.05 Å². The summed E-state index contributed by atoms with van der Waals surface area (Å²) in [5.41, 5.74) is 2.89. The molecule has 0 amide bonds. The molecule has 0 aromatic rings. The molecule has 0 saturated heterocycles. The summed E-state index contributed by atoms with van der Waals surface area (Å²) in [7, 11) is 1.94. The second-order valence-electron chi connectivity index (χ2n) is 8.04. The molecule has 1 saturated carbocycles. The number of rotatable bonds is 5. The van der Waals surface area contributed by atoms with Gasteiger partial charge >= 0.3 is 0 Å². The fourth-order valence-electron chi connectivity index (χ4n) is 5.66. The second-order valence-corrected chi connectivity index (χ2v) is 8.04. The van der Waals surface area contributed by atoms with Gasteiger partial charge in [-0.15, -0.1) is 0 Å². The van der Waals surface area contributed by atoms with Crippen LogP contribution in [-0.2, 0) is 0 Å². The molecule has 23 heavy (non-hydrogen) atoms. The van der Waals surface area contributed by atoms with Crippen molar-refractivity contribution < 1.29 is 0 Å². The van der Waals surface area contributed by atoms with Crippen LogP contribution in [-0.4, -0.2) is 12.8 Å². The van der Waals surface area contributed by atoms with Crippen molar-refractivity contribution in [2.75, 3.05) is 7.05 Å². The number of allylic oxidation sites excluding steroid dienone is 4. The van der Waals surface area contributed by atoms with E-state index in [1.54, 1.807) is 5.57 Å². The van der Waals surface area contributed by atoms with Crippen LogP contribution in [0.4, 0.5) is 0 Å². The SMILES string of the molecule is CCCCC1CCC2C3CCC(=NC)C=C3C=CC2C1CCC. The summed E-state index contributed by atoms with van der Waals surface area (Å²) in [4.78, 5) is 4.44. The van der Waals surface area contributed by atoms with Crippen molar-refractivity contribution in [2.45, 2.75) is 71.6 Å². The van der Waals surface area contributed by atoms with Crippen molar-refractivity contribution in [3.63, 3.8) is 0 Å². The number of unbranched alkanes of at least 4 members (excludes halogenated alkanes) is 1. The van der Waals surface area contributed by atoms with Crippen molar-refractivity contribution in [1.29, 1.82) is 0 Å². The van der Waals surface area contributed by atoms with Gasteiger partial charge in [-0.25, -0.2) is 0 Å². The Morgan fingerprint density at radius 3 is 2.70 bits per heavy atom. The molecule has 0 N–H and O–H groups in total. The minimum absolute atomic E-state index is 0.821. The van der Waals surface area contributed by atoms with Crippen molar-refractivity contribution in [3.05, 3.63) is 23.8 Å². The van der Waals surface area contributed by atoms with E-state index in [0.717, 1.165) is 29.6 Å². The molecule has 3 aliphatic rings. The third-order valence-corrected chi connectivity index (χ3v) is 6.80. The van der Waals surface area contributed by atoms with Crippen molar-refractivity contribution in [2.24, 2.45) is 34.6 Å². The van der Waals surface area contributed by atoms with Gasteiger partial charge in [0.2, 0.25) is 0 Å². The van der Waals surface area contributed by atoms with E-state index in [1.165, 1.54) is 63.5 Å². The molecular formula is C22H35N. The largest absolute Gasteiger partial charge is 0.293 e. The molecule has 128 valence electrons. The average Bonchev–Trinajstić information content (AvgIpc) is 2.60. The second kappa shape index (κ2) is 7.81. The lowest BCUT2D eigenvalue weighted by atomic mass is 9.56. The maximum absolute atomic E-state index is 4.44. The van der Waals surface area contributed by atoms with E-state index < -0.39 is 0 Å². The van der Waals surface area contributed by atoms with Gasteiger partial charge in [-0.2, -0.15) is 0 Å². The highest BCUT2D eigenvalue weighted by molar-refractivity contribution is 5.96. The maximum Gasteiger partial charge on any atom is 0.0347 e. The third kappa shape index (κ3) is 3.49. The molecule has 1 nitrogen and oxygen atoms in total. The smallest absolute Gasteiger partial charge is 0.0347 e. The Labute approximate surface area is 143 Å². The van der Waals surface area contributed by atoms with E-state index >= 15 is 0 Å². The first-order valence-corrected chi connectivity index (χ1v) is 10.1. The quantitative estimate of drug-likeness (QED) is 0.572. The summed E-state index contributed by atoms with van der Waals surface area (Å²) in [6.07, 6.45) is 20.0. The van der Waals surface area contributed by atoms with Gasteiger partial charge in [0.05, 0.1) is 0 Å². The fraction of sp³-hybridized carbons (Fsp3) is 0.773.